The minimum Gasteiger partial charge on any atom is -0.492 e. The number of aromatic nitrogens is 2. The molecule has 2 aliphatic heterocycles. The zero-order chi connectivity index (χ0) is 38.5. The van der Waals surface area contributed by atoms with Crippen molar-refractivity contribution in [3.63, 3.8) is 0 Å². The van der Waals surface area contributed by atoms with E-state index >= 15 is 0 Å². The predicted molar refractivity (Wildman–Crippen MR) is 205 cm³/mol. The van der Waals surface area contributed by atoms with E-state index in [1.165, 1.54) is 11.0 Å². The van der Waals surface area contributed by atoms with E-state index in [-0.39, 0.29) is 29.6 Å². The van der Waals surface area contributed by atoms with E-state index in [1.54, 1.807) is 63.4 Å². The average Bonchev–Trinajstić information content (AvgIpc) is 3.11. The SMILES string of the molecule is Cc1cnc(Nc2ccc(OCCN3CCN(Cc4ccc(N5CCC(=O)NC5=O)cc4F)CC3)cc2)nc1Nc1cccc(S(=O)(=O)NC(C)(C)C)c1. The molecule has 0 unspecified atom stereocenters. The summed E-state index contributed by atoms with van der Waals surface area (Å²) in [6, 6.07) is 18.4. The molecule has 0 aliphatic carbocycles. The molecule has 0 spiro atoms. The number of aryl methyl sites for hydroxylation is 1. The molecule has 0 saturated carbocycles. The molecule has 286 valence electrons. The molecule has 2 saturated heterocycles. The maximum atomic E-state index is 15.0. The van der Waals surface area contributed by atoms with E-state index < -0.39 is 21.6 Å². The number of hydrogen-bond acceptors (Lipinski definition) is 11. The molecular formula is C38H46FN9O5S. The van der Waals surface area contributed by atoms with E-state index in [9.17, 15) is 22.4 Å². The Balaban J connectivity index is 0.942. The molecule has 4 aromatic rings. The van der Waals surface area contributed by atoms with Gasteiger partial charge in [-0.1, -0.05) is 12.1 Å². The van der Waals surface area contributed by atoms with Gasteiger partial charge in [-0.15, -0.1) is 0 Å². The van der Waals surface area contributed by atoms with Crippen molar-refractivity contribution < 1.29 is 27.1 Å². The minimum absolute atomic E-state index is 0.151. The lowest BCUT2D eigenvalue weighted by Gasteiger charge is -2.34. The Kier molecular flexibility index (Phi) is 11.8. The summed E-state index contributed by atoms with van der Waals surface area (Å²) >= 11 is 0. The van der Waals surface area contributed by atoms with Crippen LogP contribution in [0, 0.1) is 12.7 Å². The van der Waals surface area contributed by atoms with E-state index in [1.807, 2.05) is 31.2 Å². The maximum absolute atomic E-state index is 15.0. The fraction of sp³-hybridized carbons (Fsp3) is 0.368. The number of imide groups is 1. The maximum Gasteiger partial charge on any atom is 0.328 e. The first-order chi connectivity index (χ1) is 25.7. The minimum atomic E-state index is -3.70. The van der Waals surface area contributed by atoms with Gasteiger partial charge in [-0.3, -0.25) is 24.8 Å². The van der Waals surface area contributed by atoms with Gasteiger partial charge in [0.15, 0.2) is 0 Å². The lowest BCUT2D eigenvalue weighted by molar-refractivity contribution is -0.120. The molecule has 6 rings (SSSR count). The van der Waals surface area contributed by atoms with Crippen LogP contribution in [0.2, 0.25) is 0 Å². The molecule has 14 nitrogen and oxygen atoms in total. The first-order valence-corrected chi connectivity index (χ1v) is 19.3. The van der Waals surface area contributed by atoms with Crippen molar-refractivity contribution >= 4 is 50.8 Å². The molecule has 0 radical (unpaired) electrons. The number of ether oxygens (including phenoxy) is 1. The van der Waals surface area contributed by atoms with Crippen LogP contribution >= 0.6 is 0 Å². The van der Waals surface area contributed by atoms with Crippen LogP contribution in [0.3, 0.4) is 0 Å². The molecule has 0 atom stereocenters. The highest BCUT2D eigenvalue weighted by Gasteiger charge is 2.26. The Morgan fingerprint density at radius 2 is 1.65 bits per heavy atom. The first kappa shape index (κ1) is 38.6. The van der Waals surface area contributed by atoms with Crippen LogP contribution in [0.25, 0.3) is 0 Å². The second kappa shape index (κ2) is 16.5. The largest absolute Gasteiger partial charge is 0.492 e. The van der Waals surface area contributed by atoms with Crippen LogP contribution in [0.5, 0.6) is 5.75 Å². The smallest absolute Gasteiger partial charge is 0.328 e. The van der Waals surface area contributed by atoms with Crippen molar-refractivity contribution in [3.05, 3.63) is 89.9 Å². The molecule has 0 bridgehead atoms. The molecule has 1 aromatic heterocycles. The van der Waals surface area contributed by atoms with Gasteiger partial charge in [0.05, 0.1) is 4.90 Å². The summed E-state index contributed by atoms with van der Waals surface area (Å²) in [4.78, 5) is 38.6. The van der Waals surface area contributed by atoms with Crippen LogP contribution < -0.4 is 30.3 Å². The van der Waals surface area contributed by atoms with Gasteiger partial charge in [-0.05, 0) is 82.3 Å². The van der Waals surface area contributed by atoms with Gasteiger partial charge in [-0.25, -0.2) is 27.3 Å². The highest BCUT2D eigenvalue weighted by molar-refractivity contribution is 7.89. The molecule has 3 heterocycles. The molecular weight excluding hydrogens is 714 g/mol. The normalized spacial score (nSPS) is 15.9. The summed E-state index contributed by atoms with van der Waals surface area (Å²) in [7, 11) is -3.70. The summed E-state index contributed by atoms with van der Waals surface area (Å²) in [5, 5.41) is 8.69. The van der Waals surface area contributed by atoms with Crippen molar-refractivity contribution in [3.8, 4) is 5.75 Å². The quantitative estimate of drug-likeness (QED) is 0.143. The number of benzene rings is 3. The number of urea groups is 1. The van der Waals surface area contributed by atoms with Crippen molar-refractivity contribution in [2.24, 2.45) is 0 Å². The number of piperazine rings is 1. The summed E-state index contributed by atoms with van der Waals surface area (Å²) in [6.07, 6.45) is 1.88. The standard InChI is InChI=1S/C38H46FN9O5S/c1-26-24-40-36(44-35(26)41-29-6-5-7-32(22-29)54(51,52)45-38(2,3)4)42-28-9-12-31(13-10-28)53-21-20-46-16-18-47(19-17-46)25-27-8-11-30(23-33(27)39)48-15-14-34(49)43-37(48)50/h5-13,22-24,45H,14-21,25H2,1-4H3,(H,43,49,50)(H2,40,41,42,44). The third-order valence-electron chi connectivity index (χ3n) is 8.87. The molecule has 2 fully saturated rings. The van der Waals surface area contributed by atoms with Crippen LogP contribution in [0.4, 0.5) is 38.0 Å². The van der Waals surface area contributed by atoms with Gasteiger partial charge in [-0.2, -0.15) is 4.98 Å². The highest BCUT2D eigenvalue weighted by atomic mass is 32.2. The van der Waals surface area contributed by atoms with Crippen molar-refractivity contribution in [1.82, 2.24) is 29.8 Å². The summed E-state index contributed by atoms with van der Waals surface area (Å²) in [5.41, 5.74) is 2.53. The van der Waals surface area contributed by atoms with Gasteiger partial charge >= 0.3 is 6.03 Å². The van der Waals surface area contributed by atoms with E-state index in [4.69, 9.17) is 4.74 Å². The van der Waals surface area contributed by atoms with Gasteiger partial charge in [0.1, 0.15) is 24.0 Å². The third kappa shape index (κ3) is 10.3. The zero-order valence-corrected chi connectivity index (χ0v) is 31.7. The Labute approximate surface area is 315 Å². The van der Waals surface area contributed by atoms with Crippen LogP contribution in [-0.4, -0.2) is 91.5 Å². The summed E-state index contributed by atoms with van der Waals surface area (Å²) < 4.78 is 49.4. The highest BCUT2D eigenvalue weighted by Crippen LogP contribution is 2.25. The number of amides is 3. The topological polar surface area (TPSA) is 161 Å². The molecule has 16 heteroatoms. The van der Waals surface area contributed by atoms with E-state index in [0.29, 0.717) is 41.9 Å². The molecule has 54 heavy (non-hydrogen) atoms. The average molecular weight is 760 g/mol. The van der Waals surface area contributed by atoms with Crippen LogP contribution in [0.1, 0.15) is 38.3 Å². The fourth-order valence-electron chi connectivity index (χ4n) is 6.08. The van der Waals surface area contributed by atoms with Crippen molar-refractivity contribution in [2.75, 3.05) is 61.4 Å². The van der Waals surface area contributed by atoms with Crippen molar-refractivity contribution in [2.45, 2.75) is 51.1 Å². The van der Waals surface area contributed by atoms with Gasteiger partial charge < -0.3 is 15.4 Å². The zero-order valence-electron chi connectivity index (χ0n) is 30.9. The van der Waals surface area contributed by atoms with Crippen LogP contribution in [0.15, 0.2) is 77.8 Å². The number of nitrogens with zero attached hydrogens (tertiary/aromatic N) is 5. The lowest BCUT2D eigenvalue weighted by atomic mass is 10.1. The van der Waals surface area contributed by atoms with Gasteiger partial charge in [0, 0.05) is 92.2 Å². The lowest BCUT2D eigenvalue weighted by Crippen LogP contribution is -2.49. The monoisotopic (exact) mass is 759 g/mol. The molecule has 2 aliphatic rings. The molecule has 3 aromatic carbocycles. The second-order valence-corrected chi connectivity index (χ2v) is 16.1. The Morgan fingerprint density at radius 1 is 0.907 bits per heavy atom. The number of carbonyl (C=O) groups is 2. The Bertz CT molecular complexity index is 2090. The Morgan fingerprint density at radius 3 is 2.35 bits per heavy atom. The van der Waals surface area contributed by atoms with E-state index in [0.717, 1.165) is 49.7 Å². The second-order valence-electron chi connectivity index (χ2n) is 14.4. The number of hydrogen-bond donors (Lipinski definition) is 4. The number of halogens is 1. The van der Waals surface area contributed by atoms with Crippen molar-refractivity contribution in [1.29, 1.82) is 0 Å². The number of nitrogens with one attached hydrogen (secondary N) is 4. The molecule has 3 amide bonds. The van der Waals surface area contributed by atoms with Gasteiger partial charge in [0.2, 0.25) is 21.9 Å². The summed E-state index contributed by atoms with van der Waals surface area (Å²) in [5.74, 6) is 0.950. The van der Waals surface area contributed by atoms with Gasteiger partial charge in [0.25, 0.3) is 0 Å². The number of rotatable bonds is 13. The third-order valence-corrected chi connectivity index (χ3v) is 10.6. The summed E-state index contributed by atoms with van der Waals surface area (Å²) in [6.45, 7) is 12.5. The van der Waals surface area contributed by atoms with Crippen LogP contribution in [-0.2, 0) is 21.4 Å². The predicted octanol–water partition coefficient (Wildman–Crippen LogP) is 5.13. The number of sulfonamides is 1. The number of anilines is 5. The first-order valence-electron chi connectivity index (χ1n) is 17.8. The number of carbonyl (C=O) groups excluding carboxylic acids is 2. The Hall–Kier alpha value is -5.16. The molecule has 4 N–H and O–H groups in total. The fourth-order valence-corrected chi connectivity index (χ4v) is 7.54. The van der Waals surface area contributed by atoms with E-state index in [2.05, 4.69) is 40.4 Å².